The van der Waals surface area contributed by atoms with Crippen LogP contribution in [0.15, 0.2) is 48.5 Å². The van der Waals surface area contributed by atoms with Crippen LogP contribution in [0.4, 0.5) is 4.39 Å². The van der Waals surface area contributed by atoms with Crippen molar-refractivity contribution in [1.82, 2.24) is 0 Å². The third-order valence-corrected chi connectivity index (χ3v) is 2.85. The standard InChI is InChI=1S/C16H18FNO2/c17-16-7-2-1-5-14(16)12-19-8-9-20-15-6-3-4-13(10-15)11-18/h1-7,10H,8-9,11-12,18H2. The summed E-state index contributed by atoms with van der Waals surface area (Å²) in [6.45, 7) is 1.56. The highest BCUT2D eigenvalue weighted by Crippen LogP contribution is 2.13. The van der Waals surface area contributed by atoms with Crippen LogP contribution in [0.2, 0.25) is 0 Å². The third-order valence-electron chi connectivity index (χ3n) is 2.85. The topological polar surface area (TPSA) is 44.5 Å². The number of nitrogens with two attached hydrogens (primary N) is 1. The van der Waals surface area contributed by atoms with Crippen molar-refractivity contribution >= 4 is 0 Å². The van der Waals surface area contributed by atoms with Gasteiger partial charge in [0, 0.05) is 12.1 Å². The lowest BCUT2D eigenvalue weighted by Crippen LogP contribution is -2.07. The second kappa shape index (κ2) is 7.62. The Kier molecular flexibility index (Phi) is 5.53. The van der Waals surface area contributed by atoms with Crippen molar-refractivity contribution in [1.29, 1.82) is 0 Å². The Morgan fingerprint density at radius 3 is 2.65 bits per heavy atom. The summed E-state index contributed by atoms with van der Waals surface area (Å²) in [6.07, 6.45) is 0. The smallest absolute Gasteiger partial charge is 0.128 e. The lowest BCUT2D eigenvalue weighted by molar-refractivity contribution is 0.0871. The highest BCUT2D eigenvalue weighted by atomic mass is 19.1. The zero-order valence-electron chi connectivity index (χ0n) is 11.2. The molecule has 2 N–H and O–H groups in total. The number of hydrogen-bond donors (Lipinski definition) is 1. The van der Waals surface area contributed by atoms with Crippen molar-refractivity contribution in [2.24, 2.45) is 5.73 Å². The maximum Gasteiger partial charge on any atom is 0.128 e. The molecule has 0 aliphatic rings. The summed E-state index contributed by atoms with van der Waals surface area (Å²) in [4.78, 5) is 0. The molecular formula is C16H18FNO2. The van der Waals surface area contributed by atoms with E-state index in [0.717, 1.165) is 11.3 Å². The van der Waals surface area contributed by atoms with E-state index >= 15 is 0 Å². The van der Waals surface area contributed by atoms with E-state index in [-0.39, 0.29) is 12.4 Å². The SMILES string of the molecule is NCc1cccc(OCCOCc2ccccc2F)c1. The molecular weight excluding hydrogens is 257 g/mol. The molecule has 0 unspecified atom stereocenters. The zero-order chi connectivity index (χ0) is 14.2. The first-order valence-electron chi connectivity index (χ1n) is 6.52. The Hall–Kier alpha value is -1.91. The van der Waals surface area contributed by atoms with Crippen molar-refractivity contribution < 1.29 is 13.9 Å². The summed E-state index contributed by atoms with van der Waals surface area (Å²) in [5.41, 5.74) is 7.13. The van der Waals surface area contributed by atoms with E-state index < -0.39 is 0 Å². The summed E-state index contributed by atoms with van der Waals surface area (Å²) in [5.74, 6) is 0.520. The summed E-state index contributed by atoms with van der Waals surface area (Å²) >= 11 is 0. The van der Waals surface area contributed by atoms with Crippen LogP contribution in [-0.4, -0.2) is 13.2 Å². The maximum absolute atomic E-state index is 13.3. The lowest BCUT2D eigenvalue weighted by Gasteiger charge is -2.08. The lowest BCUT2D eigenvalue weighted by atomic mass is 10.2. The molecule has 0 saturated heterocycles. The molecule has 20 heavy (non-hydrogen) atoms. The molecule has 2 aromatic carbocycles. The van der Waals surface area contributed by atoms with Crippen LogP contribution in [0.3, 0.4) is 0 Å². The van der Waals surface area contributed by atoms with Crippen molar-refractivity contribution in [3.63, 3.8) is 0 Å². The highest BCUT2D eigenvalue weighted by Gasteiger charge is 2.00. The molecule has 0 heterocycles. The van der Waals surface area contributed by atoms with Gasteiger partial charge in [0.2, 0.25) is 0 Å². The first-order valence-corrected chi connectivity index (χ1v) is 6.52. The van der Waals surface area contributed by atoms with E-state index in [9.17, 15) is 4.39 Å². The quantitative estimate of drug-likeness (QED) is 0.790. The van der Waals surface area contributed by atoms with Crippen LogP contribution in [0, 0.1) is 5.82 Å². The van der Waals surface area contributed by atoms with Crippen LogP contribution < -0.4 is 10.5 Å². The van der Waals surface area contributed by atoms with E-state index in [0.29, 0.717) is 25.3 Å². The van der Waals surface area contributed by atoms with Gasteiger partial charge in [0.15, 0.2) is 0 Å². The van der Waals surface area contributed by atoms with Gasteiger partial charge in [-0.2, -0.15) is 0 Å². The maximum atomic E-state index is 13.3. The summed E-state index contributed by atoms with van der Waals surface area (Å²) < 4.78 is 24.3. The molecule has 0 aromatic heterocycles. The monoisotopic (exact) mass is 275 g/mol. The molecule has 0 spiro atoms. The molecule has 0 fully saturated rings. The fourth-order valence-electron chi connectivity index (χ4n) is 1.78. The summed E-state index contributed by atoms with van der Waals surface area (Å²) in [7, 11) is 0. The Morgan fingerprint density at radius 1 is 1.00 bits per heavy atom. The fraction of sp³-hybridized carbons (Fsp3) is 0.250. The fourth-order valence-corrected chi connectivity index (χ4v) is 1.78. The normalized spacial score (nSPS) is 10.5. The molecule has 0 aliphatic heterocycles. The predicted octanol–water partition coefficient (Wildman–Crippen LogP) is 2.88. The van der Waals surface area contributed by atoms with Gasteiger partial charge in [-0.1, -0.05) is 30.3 Å². The molecule has 0 aliphatic carbocycles. The molecule has 0 radical (unpaired) electrons. The van der Waals surface area contributed by atoms with Gasteiger partial charge in [0.05, 0.1) is 13.2 Å². The van der Waals surface area contributed by atoms with Crippen molar-refractivity contribution in [3.05, 3.63) is 65.5 Å². The second-order valence-electron chi connectivity index (χ2n) is 4.34. The van der Waals surface area contributed by atoms with Gasteiger partial charge in [0.1, 0.15) is 18.2 Å². The molecule has 2 aromatic rings. The van der Waals surface area contributed by atoms with Crippen molar-refractivity contribution in [2.75, 3.05) is 13.2 Å². The molecule has 0 atom stereocenters. The number of benzene rings is 2. The zero-order valence-corrected chi connectivity index (χ0v) is 11.2. The van der Waals surface area contributed by atoms with Crippen LogP contribution >= 0.6 is 0 Å². The first-order chi connectivity index (χ1) is 9.79. The Morgan fingerprint density at radius 2 is 1.85 bits per heavy atom. The van der Waals surface area contributed by atoms with Gasteiger partial charge in [0.25, 0.3) is 0 Å². The highest BCUT2D eigenvalue weighted by molar-refractivity contribution is 5.28. The van der Waals surface area contributed by atoms with E-state index in [1.807, 2.05) is 24.3 Å². The minimum absolute atomic E-state index is 0.246. The van der Waals surface area contributed by atoms with Crippen LogP contribution in [-0.2, 0) is 17.9 Å². The van der Waals surface area contributed by atoms with Crippen LogP contribution in [0.1, 0.15) is 11.1 Å². The van der Waals surface area contributed by atoms with Crippen LogP contribution in [0.25, 0.3) is 0 Å². The minimum atomic E-state index is -0.246. The molecule has 3 nitrogen and oxygen atoms in total. The van der Waals surface area contributed by atoms with E-state index in [1.165, 1.54) is 6.07 Å². The molecule has 0 bridgehead atoms. The average Bonchev–Trinajstić information content (AvgIpc) is 2.49. The van der Waals surface area contributed by atoms with Gasteiger partial charge < -0.3 is 15.2 Å². The summed E-state index contributed by atoms with van der Waals surface area (Å²) in [6, 6.07) is 14.2. The predicted molar refractivity (Wildman–Crippen MR) is 75.9 cm³/mol. The Balaban J connectivity index is 1.70. The largest absolute Gasteiger partial charge is 0.491 e. The third kappa shape index (κ3) is 4.33. The van der Waals surface area contributed by atoms with Crippen molar-refractivity contribution in [3.8, 4) is 5.75 Å². The van der Waals surface area contributed by atoms with Crippen LogP contribution in [0.5, 0.6) is 5.75 Å². The second-order valence-corrected chi connectivity index (χ2v) is 4.34. The molecule has 0 saturated carbocycles. The van der Waals surface area contributed by atoms with E-state index in [1.54, 1.807) is 18.2 Å². The first kappa shape index (κ1) is 14.5. The van der Waals surface area contributed by atoms with Gasteiger partial charge in [-0.25, -0.2) is 4.39 Å². The van der Waals surface area contributed by atoms with E-state index in [4.69, 9.17) is 15.2 Å². The van der Waals surface area contributed by atoms with Gasteiger partial charge in [-0.05, 0) is 23.8 Å². The number of hydrogen-bond acceptors (Lipinski definition) is 3. The van der Waals surface area contributed by atoms with Crippen molar-refractivity contribution in [2.45, 2.75) is 13.2 Å². The molecule has 4 heteroatoms. The molecule has 2 rings (SSSR count). The minimum Gasteiger partial charge on any atom is -0.491 e. The Labute approximate surface area is 118 Å². The average molecular weight is 275 g/mol. The summed E-state index contributed by atoms with van der Waals surface area (Å²) in [5, 5.41) is 0. The van der Waals surface area contributed by atoms with Gasteiger partial charge in [-0.15, -0.1) is 0 Å². The number of rotatable bonds is 7. The molecule has 106 valence electrons. The van der Waals surface area contributed by atoms with Gasteiger partial charge >= 0.3 is 0 Å². The Bertz CT molecular complexity index is 546. The van der Waals surface area contributed by atoms with Gasteiger partial charge in [-0.3, -0.25) is 0 Å². The number of halogens is 1. The molecule has 0 amide bonds. The van der Waals surface area contributed by atoms with E-state index in [2.05, 4.69) is 0 Å². The number of ether oxygens (including phenoxy) is 2.